The minimum atomic E-state index is -0.121. The van der Waals surface area contributed by atoms with E-state index in [9.17, 15) is 4.79 Å². The zero-order valence-electron chi connectivity index (χ0n) is 16.6. The SMILES string of the molecule is Cc1cc(C(=O)Nc2ccc(-c3cn4ccsc4n3)cc2)c(C)n1Cc1ccco1. The third-order valence-electron chi connectivity index (χ3n) is 5.24. The molecule has 0 aliphatic carbocycles. The molecular formula is C23H20N4O2S. The zero-order chi connectivity index (χ0) is 20.7. The summed E-state index contributed by atoms with van der Waals surface area (Å²) in [6.45, 7) is 4.56. The van der Waals surface area contributed by atoms with Crippen LogP contribution in [-0.2, 0) is 6.54 Å². The number of aryl methyl sites for hydroxylation is 1. The molecule has 1 aromatic carbocycles. The van der Waals surface area contributed by atoms with Gasteiger partial charge < -0.3 is 14.3 Å². The molecule has 0 spiro atoms. The summed E-state index contributed by atoms with van der Waals surface area (Å²) in [6, 6.07) is 13.5. The predicted molar refractivity (Wildman–Crippen MR) is 118 cm³/mol. The van der Waals surface area contributed by atoms with Crippen LogP contribution in [0.25, 0.3) is 16.2 Å². The number of fused-ring (bicyclic) bond motifs is 1. The van der Waals surface area contributed by atoms with E-state index in [0.717, 1.165) is 39.1 Å². The fourth-order valence-corrected chi connectivity index (χ4v) is 4.32. The van der Waals surface area contributed by atoms with E-state index >= 15 is 0 Å². The number of hydrogen-bond donors (Lipinski definition) is 1. The average molecular weight is 417 g/mol. The first-order chi connectivity index (χ1) is 14.6. The Labute approximate surface area is 177 Å². The number of carbonyl (C=O) groups excluding carboxylic acids is 1. The van der Waals surface area contributed by atoms with Gasteiger partial charge in [0.2, 0.25) is 0 Å². The maximum absolute atomic E-state index is 12.9. The minimum absolute atomic E-state index is 0.121. The average Bonchev–Trinajstić information content (AvgIpc) is 3.50. The number of thiazole rings is 1. The van der Waals surface area contributed by atoms with Crippen LogP contribution in [0.4, 0.5) is 5.69 Å². The lowest BCUT2D eigenvalue weighted by Gasteiger charge is -2.09. The van der Waals surface area contributed by atoms with E-state index in [0.29, 0.717) is 12.1 Å². The highest BCUT2D eigenvalue weighted by molar-refractivity contribution is 7.15. The molecule has 5 aromatic rings. The van der Waals surface area contributed by atoms with Crippen molar-refractivity contribution in [3.63, 3.8) is 0 Å². The van der Waals surface area contributed by atoms with Crippen LogP contribution in [0.3, 0.4) is 0 Å². The molecule has 0 aliphatic rings. The van der Waals surface area contributed by atoms with Crippen molar-refractivity contribution in [3.8, 4) is 11.3 Å². The molecule has 7 heteroatoms. The van der Waals surface area contributed by atoms with E-state index in [1.165, 1.54) is 0 Å². The maximum Gasteiger partial charge on any atom is 0.257 e. The molecule has 0 unspecified atom stereocenters. The third kappa shape index (κ3) is 3.33. The predicted octanol–water partition coefficient (Wildman–Crippen LogP) is 5.37. The van der Waals surface area contributed by atoms with E-state index in [4.69, 9.17) is 4.42 Å². The second kappa shape index (κ2) is 7.35. The number of carbonyl (C=O) groups is 1. The largest absolute Gasteiger partial charge is 0.467 e. The quantitative estimate of drug-likeness (QED) is 0.419. The number of nitrogens with zero attached hydrogens (tertiary/aromatic N) is 3. The topological polar surface area (TPSA) is 64.5 Å². The van der Waals surface area contributed by atoms with Gasteiger partial charge in [-0.1, -0.05) is 12.1 Å². The number of nitrogens with one attached hydrogen (secondary N) is 1. The van der Waals surface area contributed by atoms with Crippen LogP contribution in [0.1, 0.15) is 27.5 Å². The first kappa shape index (κ1) is 18.4. The molecule has 1 amide bonds. The molecule has 0 saturated carbocycles. The van der Waals surface area contributed by atoms with Gasteiger partial charge in [-0.05, 0) is 44.2 Å². The van der Waals surface area contributed by atoms with Gasteiger partial charge in [0.05, 0.1) is 24.1 Å². The molecule has 5 rings (SSSR count). The Morgan fingerprint density at radius 3 is 2.77 bits per heavy atom. The van der Waals surface area contributed by atoms with Crippen molar-refractivity contribution in [1.82, 2.24) is 14.0 Å². The second-order valence-electron chi connectivity index (χ2n) is 7.20. The Morgan fingerprint density at radius 1 is 1.20 bits per heavy atom. The lowest BCUT2D eigenvalue weighted by Crippen LogP contribution is -2.13. The molecule has 150 valence electrons. The highest BCUT2D eigenvalue weighted by atomic mass is 32.1. The summed E-state index contributed by atoms with van der Waals surface area (Å²) < 4.78 is 9.54. The van der Waals surface area contributed by atoms with Gasteiger partial charge >= 0.3 is 0 Å². The van der Waals surface area contributed by atoms with Crippen LogP contribution in [0.5, 0.6) is 0 Å². The summed E-state index contributed by atoms with van der Waals surface area (Å²) in [6.07, 6.45) is 5.66. The van der Waals surface area contributed by atoms with Gasteiger partial charge in [-0.15, -0.1) is 11.3 Å². The van der Waals surface area contributed by atoms with Crippen LogP contribution in [0.2, 0.25) is 0 Å². The molecule has 30 heavy (non-hydrogen) atoms. The van der Waals surface area contributed by atoms with E-state index in [2.05, 4.69) is 14.9 Å². The van der Waals surface area contributed by atoms with E-state index in [-0.39, 0.29) is 5.91 Å². The number of amides is 1. The summed E-state index contributed by atoms with van der Waals surface area (Å²) in [7, 11) is 0. The maximum atomic E-state index is 12.9. The van der Waals surface area contributed by atoms with Gasteiger partial charge in [-0.2, -0.15) is 0 Å². The Bertz CT molecular complexity index is 1300. The van der Waals surface area contributed by atoms with Crippen molar-refractivity contribution in [1.29, 1.82) is 0 Å². The summed E-state index contributed by atoms with van der Waals surface area (Å²) in [4.78, 5) is 18.5. The molecule has 0 atom stereocenters. The molecule has 4 aromatic heterocycles. The van der Waals surface area contributed by atoms with Crippen molar-refractivity contribution in [3.05, 3.63) is 89.2 Å². The number of furan rings is 1. The number of anilines is 1. The van der Waals surface area contributed by atoms with Gasteiger partial charge in [0.25, 0.3) is 5.91 Å². The molecule has 4 heterocycles. The molecule has 0 fully saturated rings. The number of imidazole rings is 1. The fourth-order valence-electron chi connectivity index (χ4n) is 3.62. The van der Waals surface area contributed by atoms with Crippen LogP contribution in [0.15, 0.2) is 70.9 Å². The molecule has 1 N–H and O–H groups in total. The van der Waals surface area contributed by atoms with E-state index in [1.54, 1.807) is 17.6 Å². The van der Waals surface area contributed by atoms with Crippen LogP contribution in [0, 0.1) is 13.8 Å². The van der Waals surface area contributed by atoms with Crippen molar-refractivity contribution < 1.29 is 9.21 Å². The molecule has 6 nitrogen and oxygen atoms in total. The van der Waals surface area contributed by atoms with Crippen molar-refractivity contribution in [2.24, 2.45) is 0 Å². The molecule has 0 saturated heterocycles. The second-order valence-corrected chi connectivity index (χ2v) is 8.07. The number of rotatable bonds is 5. The highest BCUT2D eigenvalue weighted by Gasteiger charge is 2.17. The van der Waals surface area contributed by atoms with Crippen LogP contribution < -0.4 is 5.32 Å². The molecular weight excluding hydrogens is 396 g/mol. The van der Waals surface area contributed by atoms with Crippen LogP contribution in [-0.4, -0.2) is 19.9 Å². The summed E-state index contributed by atoms with van der Waals surface area (Å²) in [5, 5.41) is 5.01. The lowest BCUT2D eigenvalue weighted by molar-refractivity contribution is 0.102. The van der Waals surface area contributed by atoms with E-state index < -0.39 is 0 Å². The Balaban J connectivity index is 1.33. The van der Waals surface area contributed by atoms with Crippen LogP contribution >= 0.6 is 11.3 Å². The molecule has 0 radical (unpaired) electrons. The van der Waals surface area contributed by atoms with Crippen molar-refractivity contribution in [2.45, 2.75) is 20.4 Å². The Kier molecular flexibility index (Phi) is 4.52. The number of aromatic nitrogens is 3. The monoisotopic (exact) mass is 416 g/mol. The molecule has 0 bridgehead atoms. The fraction of sp³-hybridized carbons (Fsp3) is 0.130. The summed E-state index contributed by atoms with van der Waals surface area (Å²) in [5.74, 6) is 0.738. The Hall–Kier alpha value is -3.58. The smallest absolute Gasteiger partial charge is 0.257 e. The third-order valence-corrected chi connectivity index (χ3v) is 6.01. The van der Waals surface area contributed by atoms with Gasteiger partial charge in [0, 0.05) is 40.4 Å². The molecule has 0 aliphatic heterocycles. The summed E-state index contributed by atoms with van der Waals surface area (Å²) in [5.41, 5.74) is 5.28. The van der Waals surface area contributed by atoms with Gasteiger partial charge in [0.1, 0.15) is 5.76 Å². The van der Waals surface area contributed by atoms with Gasteiger partial charge in [-0.3, -0.25) is 9.20 Å². The Morgan fingerprint density at radius 2 is 2.03 bits per heavy atom. The van der Waals surface area contributed by atoms with Gasteiger partial charge in [-0.25, -0.2) is 4.98 Å². The minimum Gasteiger partial charge on any atom is -0.467 e. The van der Waals surface area contributed by atoms with Crippen molar-refractivity contribution in [2.75, 3.05) is 5.32 Å². The standard InChI is InChI=1S/C23H20N4O2S/c1-15-12-20(16(2)27(15)13-19-4-3-10-29-19)22(28)24-18-7-5-17(6-8-18)21-14-26-9-11-30-23(26)25-21/h3-12,14H,13H2,1-2H3,(H,24,28). The lowest BCUT2D eigenvalue weighted by atomic mass is 10.1. The first-order valence-electron chi connectivity index (χ1n) is 9.61. The van der Waals surface area contributed by atoms with E-state index in [1.807, 2.05) is 78.5 Å². The van der Waals surface area contributed by atoms with Crippen molar-refractivity contribution >= 4 is 27.9 Å². The normalized spacial score (nSPS) is 11.3. The zero-order valence-corrected chi connectivity index (χ0v) is 17.4. The first-order valence-corrected chi connectivity index (χ1v) is 10.5. The van der Waals surface area contributed by atoms with Gasteiger partial charge in [0.15, 0.2) is 4.96 Å². The number of benzene rings is 1. The number of hydrogen-bond acceptors (Lipinski definition) is 4. The summed E-state index contributed by atoms with van der Waals surface area (Å²) >= 11 is 1.60. The highest BCUT2D eigenvalue weighted by Crippen LogP contribution is 2.24.